The Morgan fingerprint density at radius 2 is 1.75 bits per heavy atom. The fourth-order valence-electron chi connectivity index (χ4n) is 1.11. The summed E-state index contributed by atoms with van der Waals surface area (Å²) in [6, 6.07) is 6.76. The monoisotopic (exact) mass is 166 g/mol. The van der Waals surface area contributed by atoms with E-state index in [4.69, 9.17) is 0 Å². The topological polar surface area (TPSA) is 0 Å². The van der Waals surface area contributed by atoms with Gasteiger partial charge in [0, 0.05) is 0 Å². The second-order valence-electron chi connectivity index (χ2n) is 3.56. The third kappa shape index (κ3) is 3.04. The molecule has 0 spiro atoms. The van der Waals surface area contributed by atoms with Crippen molar-refractivity contribution in [2.75, 3.05) is 0 Å². The minimum Gasteiger partial charge on any atom is -0.207 e. The van der Waals surface area contributed by atoms with Crippen molar-refractivity contribution in [3.05, 3.63) is 35.6 Å². The van der Waals surface area contributed by atoms with Crippen molar-refractivity contribution >= 4 is 0 Å². The highest BCUT2D eigenvalue weighted by molar-refractivity contribution is 5.15. The van der Waals surface area contributed by atoms with Gasteiger partial charge in [0.2, 0.25) is 0 Å². The van der Waals surface area contributed by atoms with Crippen LogP contribution < -0.4 is 0 Å². The number of halogens is 1. The van der Waals surface area contributed by atoms with Crippen LogP contribution in [0.2, 0.25) is 0 Å². The fourth-order valence-corrected chi connectivity index (χ4v) is 1.11. The third-order valence-electron chi connectivity index (χ3n) is 1.92. The summed E-state index contributed by atoms with van der Waals surface area (Å²) < 4.78 is 12.5. The number of aryl methyl sites for hydroxylation is 1. The van der Waals surface area contributed by atoms with Crippen LogP contribution >= 0.6 is 0 Å². The van der Waals surface area contributed by atoms with Crippen LogP contribution in [0.3, 0.4) is 0 Å². The minimum absolute atomic E-state index is 0.150. The molecular weight excluding hydrogens is 151 g/mol. The summed E-state index contributed by atoms with van der Waals surface area (Å²) in [6.45, 7) is 4.40. The molecule has 12 heavy (non-hydrogen) atoms. The smallest absolute Gasteiger partial charge is 0.123 e. The molecule has 1 rings (SSSR count). The SMILES string of the molecule is CC(C)CCc1ccc(F)cc1. The van der Waals surface area contributed by atoms with Crippen LogP contribution in [-0.4, -0.2) is 0 Å². The second kappa shape index (κ2) is 4.24. The molecule has 1 aromatic rings. The zero-order chi connectivity index (χ0) is 8.97. The zero-order valence-corrected chi connectivity index (χ0v) is 7.68. The van der Waals surface area contributed by atoms with Crippen molar-refractivity contribution in [3.63, 3.8) is 0 Å². The van der Waals surface area contributed by atoms with Gasteiger partial charge in [-0.05, 0) is 36.5 Å². The average molecular weight is 166 g/mol. The summed E-state index contributed by atoms with van der Waals surface area (Å²) in [4.78, 5) is 0. The van der Waals surface area contributed by atoms with E-state index in [9.17, 15) is 4.39 Å². The normalized spacial score (nSPS) is 10.7. The predicted octanol–water partition coefficient (Wildman–Crippen LogP) is 3.41. The molecule has 0 nitrogen and oxygen atoms in total. The van der Waals surface area contributed by atoms with E-state index in [1.54, 1.807) is 0 Å². The number of rotatable bonds is 3. The van der Waals surface area contributed by atoms with Crippen LogP contribution in [0.25, 0.3) is 0 Å². The molecule has 0 heterocycles. The summed E-state index contributed by atoms with van der Waals surface area (Å²) in [6.07, 6.45) is 2.23. The lowest BCUT2D eigenvalue weighted by molar-refractivity contribution is 0.585. The first kappa shape index (κ1) is 9.24. The first-order valence-corrected chi connectivity index (χ1v) is 4.43. The Labute approximate surface area is 73.4 Å². The van der Waals surface area contributed by atoms with Crippen molar-refractivity contribution in [2.45, 2.75) is 26.7 Å². The molecule has 0 radical (unpaired) electrons. The van der Waals surface area contributed by atoms with Crippen molar-refractivity contribution in [3.8, 4) is 0 Å². The maximum Gasteiger partial charge on any atom is 0.123 e. The van der Waals surface area contributed by atoms with Gasteiger partial charge in [-0.1, -0.05) is 26.0 Å². The zero-order valence-electron chi connectivity index (χ0n) is 7.68. The highest BCUT2D eigenvalue weighted by Crippen LogP contribution is 2.09. The van der Waals surface area contributed by atoms with E-state index in [2.05, 4.69) is 13.8 Å². The molecule has 0 aliphatic rings. The Balaban J connectivity index is 2.48. The van der Waals surface area contributed by atoms with Gasteiger partial charge in [-0.3, -0.25) is 0 Å². The lowest BCUT2D eigenvalue weighted by Crippen LogP contribution is -1.91. The van der Waals surface area contributed by atoms with Crippen LogP contribution in [0.5, 0.6) is 0 Å². The third-order valence-corrected chi connectivity index (χ3v) is 1.92. The molecule has 0 aliphatic carbocycles. The van der Waals surface area contributed by atoms with E-state index in [-0.39, 0.29) is 5.82 Å². The quantitative estimate of drug-likeness (QED) is 0.645. The first-order valence-electron chi connectivity index (χ1n) is 4.43. The van der Waals surface area contributed by atoms with Crippen molar-refractivity contribution < 1.29 is 4.39 Å². The van der Waals surface area contributed by atoms with Gasteiger partial charge in [-0.15, -0.1) is 0 Å². The van der Waals surface area contributed by atoms with Gasteiger partial charge in [-0.2, -0.15) is 0 Å². The molecule has 0 atom stereocenters. The van der Waals surface area contributed by atoms with Crippen LogP contribution in [0.15, 0.2) is 24.3 Å². The highest BCUT2D eigenvalue weighted by Gasteiger charge is 1.96. The summed E-state index contributed by atoms with van der Waals surface area (Å²) in [5.74, 6) is 0.568. The van der Waals surface area contributed by atoms with Crippen LogP contribution in [0, 0.1) is 11.7 Å². The standard InChI is InChI=1S/C11H15F/c1-9(2)3-4-10-5-7-11(12)8-6-10/h5-9H,3-4H2,1-2H3. The molecule has 0 aliphatic heterocycles. The van der Waals surface area contributed by atoms with E-state index < -0.39 is 0 Å². The molecule has 0 saturated carbocycles. The summed E-state index contributed by atoms with van der Waals surface area (Å²) in [7, 11) is 0. The lowest BCUT2D eigenvalue weighted by atomic mass is 10.0. The lowest BCUT2D eigenvalue weighted by Gasteiger charge is -2.03. The van der Waals surface area contributed by atoms with Crippen LogP contribution in [0.1, 0.15) is 25.8 Å². The highest BCUT2D eigenvalue weighted by atomic mass is 19.1. The molecule has 0 aromatic heterocycles. The molecule has 0 N–H and O–H groups in total. The summed E-state index contributed by atoms with van der Waals surface area (Å²) in [5.41, 5.74) is 1.23. The minimum atomic E-state index is -0.150. The van der Waals surface area contributed by atoms with Gasteiger partial charge in [-0.25, -0.2) is 4.39 Å². The molecule has 0 unspecified atom stereocenters. The molecule has 1 heteroatoms. The number of hydrogen-bond donors (Lipinski definition) is 0. The molecule has 0 bridgehead atoms. The Morgan fingerprint density at radius 1 is 1.17 bits per heavy atom. The number of benzene rings is 1. The van der Waals surface area contributed by atoms with E-state index >= 15 is 0 Å². The molecular formula is C11H15F. The Hall–Kier alpha value is -0.850. The van der Waals surface area contributed by atoms with Gasteiger partial charge in [0.1, 0.15) is 5.82 Å². The largest absolute Gasteiger partial charge is 0.207 e. The van der Waals surface area contributed by atoms with Gasteiger partial charge < -0.3 is 0 Å². The van der Waals surface area contributed by atoms with Crippen LogP contribution in [0.4, 0.5) is 4.39 Å². The van der Waals surface area contributed by atoms with Crippen molar-refractivity contribution in [1.29, 1.82) is 0 Å². The van der Waals surface area contributed by atoms with E-state index in [0.717, 1.165) is 12.3 Å². The molecule has 66 valence electrons. The first-order chi connectivity index (χ1) is 5.68. The molecule has 1 aromatic carbocycles. The summed E-state index contributed by atoms with van der Waals surface area (Å²) >= 11 is 0. The predicted molar refractivity (Wildman–Crippen MR) is 49.6 cm³/mol. The molecule has 0 saturated heterocycles. The van der Waals surface area contributed by atoms with Crippen LogP contribution in [-0.2, 0) is 6.42 Å². The van der Waals surface area contributed by atoms with Gasteiger partial charge >= 0.3 is 0 Å². The Morgan fingerprint density at radius 3 is 2.25 bits per heavy atom. The molecule has 0 fully saturated rings. The van der Waals surface area contributed by atoms with Gasteiger partial charge in [0.05, 0.1) is 0 Å². The second-order valence-corrected chi connectivity index (χ2v) is 3.56. The van der Waals surface area contributed by atoms with Gasteiger partial charge in [0.15, 0.2) is 0 Å². The van der Waals surface area contributed by atoms with Crippen molar-refractivity contribution in [2.24, 2.45) is 5.92 Å². The Kier molecular flexibility index (Phi) is 3.27. The van der Waals surface area contributed by atoms with E-state index in [0.29, 0.717) is 0 Å². The molecule has 0 amide bonds. The van der Waals surface area contributed by atoms with Crippen molar-refractivity contribution in [1.82, 2.24) is 0 Å². The fraction of sp³-hybridized carbons (Fsp3) is 0.455. The van der Waals surface area contributed by atoms with E-state index in [1.165, 1.54) is 24.1 Å². The summed E-state index contributed by atoms with van der Waals surface area (Å²) in [5, 5.41) is 0. The van der Waals surface area contributed by atoms with E-state index in [1.807, 2.05) is 12.1 Å². The maximum atomic E-state index is 12.5. The van der Waals surface area contributed by atoms with Gasteiger partial charge in [0.25, 0.3) is 0 Å². The Bertz CT molecular complexity index is 223. The maximum absolute atomic E-state index is 12.5. The average Bonchev–Trinajstić information content (AvgIpc) is 2.03. The number of hydrogen-bond acceptors (Lipinski definition) is 0.